The third kappa shape index (κ3) is 3.20. The number of rotatable bonds is 4. The second kappa shape index (κ2) is 6.07. The van der Waals surface area contributed by atoms with Crippen LogP contribution in [-0.2, 0) is 11.2 Å². The molecule has 22 heavy (non-hydrogen) atoms. The van der Waals surface area contributed by atoms with Crippen molar-refractivity contribution in [1.29, 1.82) is 0 Å². The van der Waals surface area contributed by atoms with Gasteiger partial charge in [-0.2, -0.15) is 0 Å². The Bertz CT molecular complexity index is 884. The van der Waals surface area contributed by atoms with Gasteiger partial charge in [0.2, 0.25) is 5.91 Å². The minimum absolute atomic E-state index is 0.148. The summed E-state index contributed by atoms with van der Waals surface area (Å²) in [6, 6.07) is 7.13. The number of benzene rings is 1. The van der Waals surface area contributed by atoms with E-state index in [1.807, 2.05) is 13.0 Å². The van der Waals surface area contributed by atoms with Gasteiger partial charge >= 0.3 is 0 Å². The molecule has 3 rings (SSSR count). The average Bonchev–Trinajstić information content (AvgIpc) is 2.90. The Morgan fingerprint density at radius 3 is 2.95 bits per heavy atom. The first kappa shape index (κ1) is 14.4. The molecule has 6 nitrogen and oxygen atoms in total. The Hall–Kier alpha value is -2.54. The summed E-state index contributed by atoms with van der Waals surface area (Å²) in [6.07, 6.45) is 2.32. The predicted octanol–water partition coefficient (Wildman–Crippen LogP) is 2.26. The lowest BCUT2D eigenvalue weighted by molar-refractivity contribution is -0.116. The SMILES string of the molecule is Cc1cnc(NC(=O)CCc2nc3ccccc3c(=O)[nH]2)s1. The number of aromatic nitrogens is 3. The van der Waals surface area contributed by atoms with Crippen molar-refractivity contribution in [2.24, 2.45) is 0 Å². The van der Waals surface area contributed by atoms with Gasteiger partial charge in [-0.05, 0) is 19.1 Å². The first-order chi connectivity index (χ1) is 10.6. The molecule has 0 saturated carbocycles. The van der Waals surface area contributed by atoms with E-state index in [0.717, 1.165) is 4.88 Å². The number of H-pyrrole nitrogens is 1. The number of carbonyl (C=O) groups is 1. The summed E-state index contributed by atoms with van der Waals surface area (Å²) >= 11 is 1.43. The zero-order chi connectivity index (χ0) is 15.5. The number of aryl methyl sites for hydroxylation is 2. The highest BCUT2D eigenvalue weighted by molar-refractivity contribution is 7.15. The van der Waals surface area contributed by atoms with Gasteiger partial charge in [0, 0.05) is 23.9 Å². The number of aromatic amines is 1. The fraction of sp³-hybridized carbons (Fsp3) is 0.200. The largest absolute Gasteiger partial charge is 0.310 e. The fourth-order valence-electron chi connectivity index (χ4n) is 2.08. The topological polar surface area (TPSA) is 87.7 Å². The molecule has 0 atom stereocenters. The number of nitrogens with zero attached hydrogens (tertiary/aromatic N) is 2. The molecular weight excluding hydrogens is 300 g/mol. The lowest BCUT2D eigenvalue weighted by atomic mass is 10.2. The summed E-state index contributed by atoms with van der Waals surface area (Å²) < 4.78 is 0. The van der Waals surface area contributed by atoms with Gasteiger partial charge in [0.25, 0.3) is 5.56 Å². The average molecular weight is 314 g/mol. The van der Waals surface area contributed by atoms with E-state index in [4.69, 9.17) is 0 Å². The maximum absolute atomic E-state index is 11.9. The van der Waals surface area contributed by atoms with Gasteiger partial charge in [-0.25, -0.2) is 9.97 Å². The summed E-state index contributed by atoms with van der Waals surface area (Å²) in [5.74, 6) is 0.360. The molecular formula is C15H14N4O2S. The van der Waals surface area contributed by atoms with Crippen LogP contribution in [0.2, 0.25) is 0 Å². The van der Waals surface area contributed by atoms with E-state index in [2.05, 4.69) is 20.3 Å². The van der Waals surface area contributed by atoms with Crippen molar-refractivity contribution in [1.82, 2.24) is 15.0 Å². The Balaban J connectivity index is 1.68. The van der Waals surface area contributed by atoms with E-state index in [1.165, 1.54) is 11.3 Å². The van der Waals surface area contributed by atoms with Gasteiger partial charge in [-0.1, -0.05) is 12.1 Å². The van der Waals surface area contributed by atoms with E-state index in [-0.39, 0.29) is 17.9 Å². The second-order valence-electron chi connectivity index (χ2n) is 4.85. The molecule has 0 bridgehead atoms. The molecule has 1 amide bonds. The number of anilines is 1. The van der Waals surface area contributed by atoms with Crippen molar-refractivity contribution in [3.05, 3.63) is 51.5 Å². The van der Waals surface area contributed by atoms with Crippen LogP contribution < -0.4 is 10.9 Å². The van der Waals surface area contributed by atoms with Crippen LogP contribution in [0.15, 0.2) is 35.3 Å². The van der Waals surface area contributed by atoms with E-state index < -0.39 is 0 Å². The van der Waals surface area contributed by atoms with Crippen molar-refractivity contribution < 1.29 is 4.79 Å². The van der Waals surface area contributed by atoms with Crippen molar-refractivity contribution >= 4 is 33.3 Å². The molecule has 0 saturated heterocycles. The Kier molecular flexibility index (Phi) is 3.97. The molecule has 0 aliphatic carbocycles. The van der Waals surface area contributed by atoms with Crippen LogP contribution in [0.3, 0.4) is 0 Å². The second-order valence-corrected chi connectivity index (χ2v) is 6.09. The highest BCUT2D eigenvalue weighted by atomic mass is 32.1. The van der Waals surface area contributed by atoms with Crippen LogP contribution in [0, 0.1) is 6.92 Å². The standard InChI is InChI=1S/C15H14N4O2S/c1-9-8-16-15(22-9)19-13(20)7-6-12-17-11-5-3-2-4-10(11)14(21)18-12/h2-5,8H,6-7H2,1H3,(H,16,19,20)(H,17,18,21). The third-order valence-electron chi connectivity index (χ3n) is 3.12. The monoisotopic (exact) mass is 314 g/mol. The number of carbonyl (C=O) groups excluding carboxylic acids is 1. The van der Waals surface area contributed by atoms with Gasteiger partial charge in [0.15, 0.2) is 5.13 Å². The minimum atomic E-state index is -0.184. The first-order valence-corrected chi connectivity index (χ1v) is 7.64. The van der Waals surface area contributed by atoms with Crippen LogP contribution in [0.1, 0.15) is 17.1 Å². The van der Waals surface area contributed by atoms with Crippen LogP contribution in [0.5, 0.6) is 0 Å². The lowest BCUT2D eigenvalue weighted by Crippen LogP contribution is -2.16. The summed E-state index contributed by atoms with van der Waals surface area (Å²) in [7, 11) is 0. The van der Waals surface area contributed by atoms with Gasteiger partial charge < -0.3 is 10.3 Å². The number of nitrogens with one attached hydrogen (secondary N) is 2. The Morgan fingerprint density at radius 1 is 1.36 bits per heavy atom. The molecule has 0 unspecified atom stereocenters. The maximum atomic E-state index is 11.9. The van der Waals surface area contributed by atoms with Gasteiger partial charge in [0.05, 0.1) is 10.9 Å². The molecule has 2 N–H and O–H groups in total. The number of amides is 1. The zero-order valence-corrected chi connectivity index (χ0v) is 12.7. The number of thiazole rings is 1. The molecule has 0 fully saturated rings. The van der Waals surface area contributed by atoms with Gasteiger partial charge in [0.1, 0.15) is 5.82 Å². The predicted molar refractivity (Wildman–Crippen MR) is 86.2 cm³/mol. The summed E-state index contributed by atoms with van der Waals surface area (Å²) in [6.45, 7) is 1.93. The maximum Gasteiger partial charge on any atom is 0.258 e. The molecule has 0 aliphatic heterocycles. The number of hydrogen-bond donors (Lipinski definition) is 2. The molecule has 0 aliphatic rings. The molecule has 7 heteroatoms. The van der Waals surface area contributed by atoms with E-state index in [1.54, 1.807) is 24.4 Å². The number of fused-ring (bicyclic) bond motifs is 1. The molecule has 0 spiro atoms. The summed E-state index contributed by atoms with van der Waals surface area (Å²) in [5, 5.41) is 3.87. The smallest absolute Gasteiger partial charge is 0.258 e. The Labute approximate surface area is 130 Å². The van der Waals surface area contributed by atoms with Crippen LogP contribution in [-0.4, -0.2) is 20.9 Å². The highest BCUT2D eigenvalue weighted by Gasteiger charge is 2.08. The minimum Gasteiger partial charge on any atom is -0.310 e. The van der Waals surface area contributed by atoms with Crippen LogP contribution >= 0.6 is 11.3 Å². The quantitative estimate of drug-likeness (QED) is 0.773. The molecule has 2 aromatic heterocycles. The van der Waals surface area contributed by atoms with Gasteiger partial charge in [-0.3, -0.25) is 9.59 Å². The number of para-hydroxylation sites is 1. The van der Waals surface area contributed by atoms with Crippen molar-refractivity contribution in [3.8, 4) is 0 Å². The number of hydrogen-bond acceptors (Lipinski definition) is 5. The molecule has 1 aromatic carbocycles. The highest BCUT2D eigenvalue weighted by Crippen LogP contribution is 2.16. The van der Waals surface area contributed by atoms with Crippen molar-refractivity contribution in [3.63, 3.8) is 0 Å². The van der Waals surface area contributed by atoms with Crippen molar-refractivity contribution in [2.45, 2.75) is 19.8 Å². The van der Waals surface area contributed by atoms with E-state index >= 15 is 0 Å². The van der Waals surface area contributed by atoms with Crippen LogP contribution in [0.25, 0.3) is 10.9 Å². The molecule has 3 aromatic rings. The van der Waals surface area contributed by atoms with Gasteiger partial charge in [-0.15, -0.1) is 11.3 Å². The summed E-state index contributed by atoms with van der Waals surface area (Å²) in [4.78, 5) is 36.0. The first-order valence-electron chi connectivity index (χ1n) is 6.82. The van der Waals surface area contributed by atoms with E-state index in [9.17, 15) is 9.59 Å². The van der Waals surface area contributed by atoms with E-state index in [0.29, 0.717) is 28.3 Å². The lowest BCUT2D eigenvalue weighted by Gasteiger charge is -2.03. The third-order valence-corrected chi connectivity index (χ3v) is 3.95. The zero-order valence-electron chi connectivity index (χ0n) is 11.9. The van der Waals surface area contributed by atoms with Crippen LogP contribution in [0.4, 0.5) is 5.13 Å². The molecule has 2 heterocycles. The molecule has 112 valence electrons. The fourth-order valence-corrected chi connectivity index (χ4v) is 2.76. The Morgan fingerprint density at radius 2 is 2.18 bits per heavy atom. The molecule has 0 radical (unpaired) electrons. The summed E-state index contributed by atoms with van der Waals surface area (Å²) in [5.41, 5.74) is 0.453. The van der Waals surface area contributed by atoms with Crippen molar-refractivity contribution in [2.75, 3.05) is 5.32 Å². The normalized spacial score (nSPS) is 10.8.